The van der Waals surface area contributed by atoms with Gasteiger partial charge in [0.15, 0.2) is 0 Å². The summed E-state index contributed by atoms with van der Waals surface area (Å²) < 4.78 is 5.70. The molecule has 0 aromatic heterocycles. The van der Waals surface area contributed by atoms with E-state index in [-0.39, 0.29) is 6.03 Å². The summed E-state index contributed by atoms with van der Waals surface area (Å²) in [5.41, 5.74) is 0. The van der Waals surface area contributed by atoms with Crippen LogP contribution in [0.25, 0.3) is 0 Å². The molecule has 4 nitrogen and oxygen atoms in total. The third-order valence-electron chi connectivity index (χ3n) is 4.87. The predicted molar refractivity (Wildman–Crippen MR) is 80.7 cm³/mol. The molecule has 1 N–H and O–H groups in total. The van der Waals surface area contributed by atoms with E-state index in [2.05, 4.69) is 19.2 Å². The maximum atomic E-state index is 12.1. The number of ether oxygens (including phenoxy) is 1. The smallest absolute Gasteiger partial charge is 0.317 e. The summed E-state index contributed by atoms with van der Waals surface area (Å²) in [6.45, 7) is 8.02. The standard InChI is InChI=1S/C16H30N2O2/c1-13-8-10-18(12-14(13)2)16(19)17-9-5-7-15-6-3-4-11-20-15/h13-15H,3-12H2,1-2H3,(H,17,19)/t13-,14+,15-/m1/s1. The van der Waals surface area contributed by atoms with E-state index in [9.17, 15) is 4.79 Å². The van der Waals surface area contributed by atoms with Gasteiger partial charge in [-0.1, -0.05) is 13.8 Å². The number of likely N-dealkylation sites (tertiary alicyclic amines) is 1. The van der Waals surface area contributed by atoms with Crippen LogP contribution in [0.1, 0.15) is 52.4 Å². The molecule has 2 fully saturated rings. The minimum atomic E-state index is 0.119. The highest BCUT2D eigenvalue weighted by Gasteiger charge is 2.25. The molecule has 2 amide bonds. The molecular formula is C16H30N2O2. The van der Waals surface area contributed by atoms with Crippen LogP contribution in [0.3, 0.4) is 0 Å². The van der Waals surface area contributed by atoms with Crippen molar-refractivity contribution in [3.05, 3.63) is 0 Å². The molecule has 2 rings (SSSR count). The second-order valence-electron chi connectivity index (χ2n) is 6.55. The number of hydrogen-bond donors (Lipinski definition) is 1. The van der Waals surface area contributed by atoms with Crippen molar-refractivity contribution in [3.8, 4) is 0 Å². The first-order valence-electron chi connectivity index (χ1n) is 8.31. The molecule has 20 heavy (non-hydrogen) atoms. The number of carbonyl (C=O) groups excluding carboxylic acids is 1. The third-order valence-corrected chi connectivity index (χ3v) is 4.87. The zero-order valence-electron chi connectivity index (χ0n) is 13.1. The summed E-state index contributed by atoms with van der Waals surface area (Å²) in [6.07, 6.45) is 7.35. The largest absolute Gasteiger partial charge is 0.378 e. The highest BCUT2D eigenvalue weighted by Crippen LogP contribution is 2.22. The summed E-state index contributed by atoms with van der Waals surface area (Å²) in [7, 11) is 0. The summed E-state index contributed by atoms with van der Waals surface area (Å²) in [6, 6.07) is 0.119. The SMILES string of the molecule is C[C@@H]1CCN(C(=O)NCCC[C@H]2CCCCO2)C[C@@H]1C. The van der Waals surface area contributed by atoms with E-state index in [1.165, 1.54) is 19.3 Å². The first-order valence-corrected chi connectivity index (χ1v) is 8.31. The van der Waals surface area contributed by atoms with Crippen molar-refractivity contribution in [2.75, 3.05) is 26.2 Å². The number of nitrogens with zero attached hydrogens (tertiary/aromatic N) is 1. The third kappa shape index (κ3) is 4.65. The fraction of sp³-hybridized carbons (Fsp3) is 0.938. The average Bonchev–Trinajstić information content (AvgIpc) is 2.47. The number of carbonyl (C=O) groups is 1. The van der Waals surface area contributed by atoms with Crippen molar-refractivity contribution in [3.63, 3.8) is 0 Å². The van der Waals surface area contributed by atoms with Gasteiger partial charge >= 0.3 is 6.03 Å². The molecule has 2 aliphatic heterocycles. The van der Waals surface area contributed by atoms with Crippen LogP contribution in [-0.2, 0) is 4.74 Å². The molecule has 2 aliphatic rings. The first-order chi connectivity index (χ1) is 9.66. The van der Waals surface area contributed by atoms with Gasteiger partial charge in [0, 0.05) is 26.2 Å². The van der Waals surface area contributed by atoms with Crippen LogP contribution in [-0.4, -0.2) is 43.3 Å². The lowest BCUT2D eigenvalue weighted by atomic mass is 9.89. The topological polar surface area (TPSA) is 41.6 Å². The summed E-state index contributed by atoms with van der Waals surface area (Å²) in [4.78, 5) is 14.1. The number of nitrogens with one attached hydrogen (secondary N) is 1. The molecule has 116 valence electrons. The number of amides is 2. The fourth-order valence-corrected chi connectivity index (χ4v) is 3.12. The van der Waals surface area contributed by atoms with Crippen LogP contribution < -0.4 is 5.32 Å². The Balaban J connectivity index is 1.58. The van der Waals surface area contributed by atoms with E-state index in [1.54, 1.807) is 0 Å². The second-order valence-corrected chi connectivity index (χ2v) is 6.55. The van der Waals surface area contributed by atoms with Crippen molar-refractivity contribution < 1.29 is 9.53 Å². The lowest BCUT2D eigenvalue weighted by Crippen LogP contribution is -2.47. The van der Waals surface area contributed by atoms with Gasteiger partial charge in [-0.3, -0.25) is 0 Å². The minimum Gasteiger partial charge on any atom is -0.378 e. The van der Waals surface area contributed by atoms with Crippen molar-refractivity contribution in [1.82, 2.24) is 10.2 Å². The van der Waals surface area contributed by atoms with E-state index in [4.69, 9.17) is 4.74 Å². The Hall–Kier alpha value is -0.770. The zero-order chi connectivity index (χ0) is 14.4. The average molecular weight is 282 g/mol. The number of rotatable bonds is 4. The van der Waals surface area contributed by atoms with Gasteiger partial charge in [-0.05, 0) is 50.4 Å². The summed E-state index contributed by atoms with van der Waals surface area (Å²) in [5.74, 6) is 1.35. The van der Waals surface area contributed by atoms with Gasteiger partial charge in [-0.2, -0.15) is 0 Å². The van der Waals surface area contributed by atoms with Gasteiger partial charge in [-0.25, -0.2) is 4.79 Å². The number of hydrogen-bond acceptors (Lipinski definition) is 2. The minimum absolute atomic E-state index is 0.119. The molecule has 0 aromatic carbocycles. The molecule has 0 bridgehead atoms. The van der Waals surface area contributed by atoms with Gasteiger partial charge in [0.1, 0.15) is 0 Å². The molecule has 4 heteroatoms. The molecule has 0 aliphatic carbocycles. The van der Waals surface area contributed by atoms with E-state index >= 15 is 0 Å². The molecule has 3 atom stereocenters. The van der Waals surface area contributed by atoms with Crippen LogP contribution in [0.15, 0.2) is 0 Å². The highest BCUT2D eigenvalue weighted by atomic mass is 16.5. The van der Waals surface area contributed by atoms with E-state index < -0.39 is 0 Å². The molecule has 0 radical (unpaired) electrons. The van der Waals surface area contributed by atoms with Gasteiger partial charge in [0.05, 0.1) is 6.10 Å². The van der Waals surface area contributed by atoms with E-state index in [0.717, 1.165) is 51.4 Å². The lowest BCUT2D eigenvalue weighted by molar-refractivity contribution is 0.0102. The molecule has 0 aromatic rings. The second kappa shape index (κ2) is 7.87. The Morgan fingerprint density at radius 2 is 2.10 bits per heavy atom. The molecule has 2 heterocycles. The molecule has 0 unspecified atom stereocenters. The maximum absolute atomic E-state index is 12.1. The van der Waals surface area contributed by atoms with Gasteiger partial charge in [-0.15, -0.1) is 0 Å². The lowest BCUT2D eigenvalue weighted by Gasteiger charge is -2.35. The van der Waals surface area contributed by atoms with Gasteiger partial charge < -0.3 is 15.0 Å². The van der Waals surface area contributed by atoms with Crippen LogP contribution in [0.4, 0.5) is 4.79 Å². The van der Waals surface area contributed by atoms with Gasteiger partial charge in [0.2, 0.25) is 0 Å². The molecule has 0 saturated carbocycles. The Morgan fingerprint density at radius 3 is 2.80 bits per heavy atom. The Kier molecular flexibility index (Phi) is 6.14. The Labute approximate surface area is 123 Å². The van der Waals surface area contributed by atoms with Crippen molar-refractivity contribution in [1.29, 1.82) is 0 Å². The number of urea groups is 1. The van der Waals surface area contributed by atoms with Crippen molar-refractivity contribution in [2.24, 2.45) is 11.8 Å². The van der Waals surface area contributed by atoms with Crippen LogP contribution in [0.5, 0.6) is 0 Å². The Morgan fingerprint density at radius 1 is 1.25 bits per heavy atom. The first kappa shape index (κ1) is 15.6. The maximum Gasteiger partial charge on any atom is 0.317 e. The quantitative estimate of drug-likeness (QED) is 0.805. The van der Waals surface area contributed by atoms with Crippen LogP contribution >= 0.6 is 0 Å². The Bertz CT molecular complexity index is 303. The molecule has 0 spiro atoms. The molecule has 2 saturated heterocycles. The van der Waals surface area contributed by atoms with Crippen molar-refractivity contribution in [2.45, 2.75) is 58.5 Å². The predicted octanol–water partition coefficient (Wildman–Crippen LogP) is 3.02. The van der Waals surface area contributed by atoms with Gasteiger partial charge in [0.25, 0.3) is 0 Å². The number of piperidine rings is 1. The normalized spacial score (nSPS) is 31.1. The monoisotopic (exact) mass is 282 g/mol. The summed E-state index contributed by atoms with van der Waals surface area (Å²) >= 11 is 0. The van der Waals surface area contributed by atoms with E-state index in [1.807, 2.05) is 4.90 Å². The van der Waals surface area contributed by atoms with Crippen LogP contribution in [0, 0.1) is 11.8 Å². The fourth-order valence-electron chi connectivity index (χ4n) is 3.12. The van der Waals surface area contributed by atoms with E-state index in [0.29, 0.717) is 12.0 Å². The summed E-state index contributed by atoms with van der Waals surface area (Å²) in [5, 5.41) is 3.06. The zero-order valence-corrected chi connectivity index (χ0v) is 13.1. The molecular weight excluding hydrogens is 252 g/mol. The van der Waals surface area contributed by atoms with Crippen molar-refractivity contribution >= 4 is 6.03 Å². The highest BCUT2D eigenvalue weighted by molar-refractivity contribution is 5.74. The van der Waals surface area contributed by atoms with Crippen LogP contribution in [0.2, 0.25) is 0 Å².